The number of hydrogen-bond donors (Lipinski definition) is 3. The predicted molar refractivity (Wildman–Crippen MR) is 123 cm³/mol. The molecule has 8 nitrogen and oxygen atoms in total. The van der Waals surface area contributed by atoms with Crippen LogP contribution in [-0.2, 0) is 0 Å². The van der Waals surface area contributed by atoms with Gasteiger partial charge in [0.15, 0.2) is 5.13 Å². The Bertz CT molecular complexity index is 1190. The molecule has 0 radical (unpaired) electrons. The predicted octanol–water partition coefficient (Wildman–Crippen LogP) is 4.56. The lowest BCUT2D eigenvalue weighted by Gasteiger charge is -2.34. The molecule has 4 rings (SSSR count). The van der Waals surface area contributed by atoms with Crippen molar-refractivity contribution in [3.8, 4) is 11.4 Å². The van der Waals surface area contributed by atoms with Crippen molar-refractivity contribution in [1.29, 1.82) is 0 Å². The average molecular weight is 518 g/mol. The van der Waals surface area contributed by atoms with E-state index in [0.29, 0.717) is 29.5 Å². The first-order chi connectivity index (χ1) is 15.2. The van der Waals surface area contributed by atoms with Crippen molar-refractivity contribution < 1.29 is 19.1 Å². The topological polar surface area (TPSA) is 111 Å². The number of rotatable bonds is 5. The smallest absolute Gasteiger partial charge is 0.348 e. The van der Waals surface area contributed by atoms with E-state index in [2.05, 4.69) is 20.3 Å². The number of carbonyl (C=O) groups excluding carboxylic acids is 1. The summed E-state index contributed by atoms with van der Waals surface area (Å²) in [6, 6.07) is -0.725. The third-order valence-electron chi connectivity index (χ3n) is 5.08. The van der Waals surface area contributed by atoms with E-state index in [-0.39, 0.29) is 32.9 Å². The number of carboxylic acids is 1. The van der Waals surface area contributed by atoms with Crippen LogP contribution in [0.1, 0.15) is 37.3 Å². The molecule has 1 aliphatic heterocycles. The van der Waals surface area contributed by atoms with E-state index in [1.54, 1.807) is 17.2 Å². The highest BCUT2D eigenvalue weighted by molar-refractivity contribution is 7.18. The zero-order valence-corrected chi connectivity index (χ0v) is 20.1. The fraction of sp³-hybridized carbons (Fsp3) is 0.368. The first-order valence-electron chi connectivity index (χ1n) is 9.55. The number of thiazole rings is 2. The highest BCUT2D eigenvalue weighted by Crippen LogP contribution is 2.35. The van der Waals surface area contributed by atoms with Crippen LogP contribution in [0.15, 0.2) is 5.38 Å². The maximum Gasteiger partial charge on any atom is 0.348 e. The van der Waals surface area contributed by atoms with Crippen molar-refractivity contribution in [3.63, 3.8) is 0 Å². The van der Waals surface area contributed by atoms with Gasteiger partial charge in [0.05, 0.1) is 27.6 Å². The Morgan fingerprint density at radius 3 is 2.62 bits per heavy atom. The Morgan fingerprint density at radius 2 is 2.06 bits per heavy atom. The van der Waals surface area contributed by atoms with E-state index in [1.165, 1.54) is 11.3 Å². The average Bonchev–Trinajstić information content (AvgIpc) is 3.44. The van der Waals surface area contributed by atoms with Gasteiger partial charge in [0.1, 0.15) is 28.1 Å². The number of aromatic carboxylic acids is 1. The Balaban J connectivity index is 1.48. The summed E-state index contributed by atoms with van der Waals surface area (Å²) in [6.45, 7) is 3.86. The van der Waals surface area contributed by atoms with Crippen LogP contribution in [0.25, 0.3) is 11.4 Å². The molecule has 170 valence electrons. The van der Waals surface area contributed by atoms with E-state index < -0.39 is 24.1 Å². The summed E-state index contributed by atoms with van der Waals surface area (Å²) in [5.74, 6) is -1.64. The number of amides is 1. The molecule has 0 bridgehead atoms. The summed E-state index contributed by atoms with van der Waals surface area (Å²) in [5.41, 5.74) is 1.42. The Morgan fingerprint density at radius 1 is 1.31 bits per heavy atom. The second-order valence-electron chi connectivity index (χ2n) is 7.31. The van der Waals surface area contributed by atoms with Crippen molar-refractivity contribution in [2.75, 3.05) is 18.0 Å². The molecular weight excluding hydrogens is 500 g/mol. The molecule has 3 N–H and O–H groups in total. The van der Waals surface area contributed by atoms with Gasteiger partial charge in [-0.3, -0.25) is 4.79 Å². The van der Waals surface area contributed by atoms with Crippen molar-refractivity contribution in [3.05, 3.63) is 36.7 Å². The number of aryl methyl sites for hydroxylation is 2. The number of anilines is 1. The molecule has 1 fully saturated rings. The van der Waals surface area contributed by atoms with Crippen molar-refractivity contribution in [2.24, 2.45) is 0 Å². The van der Waals surface area contributed by atoms with Crippen LogP contribution in [0.5, 0.6) is 0 Å². The molecule has 0 spiro atoms. The number of nitrogens with zero attached hydrogens (tertiary/aromatic N) is 3. The van der Waals surface area contributed by atoms with Crippen molar-refractivity contribution in [2.45, 2.75) is 32.5 Å². The molecule has 0 aliphatic carbocycles. The molecule has 1 saturated heterocycles. The molecular formula is C19H18Cl2FN5O3S2. The van der Waals surface area contributed by atoms with Crippen molar-refractivity contribution >= 4 is 62.9 Å². The van der Waals surface area contributed by atoms with Crippen LogP contribution in [0, 0.1) is 13.8 Å². The van der Waals surface area contributed by atoms with Crippen LogP contribution in [0.2, 0.25) is 10.0 Å². The summed E-state index contributed by atoms with van der Waals surface area (Å²) in [4.78, 5) is 37.6. The lowest BCUT2D eigenvalue weighted by Crippen LogP contribution is -2.52. The summed E-state index contributed by atoms with van der Waals surface area (Å²) < 4.78 is 15.0. The van der Waals surface area contributed by atoms with Gasteiger partial charge in [0, 0.05) is 17.6 Å². The van der Waals surface area contributed by atoms with E-state index in [4.69, 9.17) is 23.2 Å². The van der Waals surface area contributed by atoms with Crippen LogP contribution in [0.3, 0.4) is 0 Å². The Kier molecular flexibility index (Phi) is 6.44. The highest BCUT2D eigenvalue weighted by Gasteiger charge is 2.34. The number of carboxylic acid groups (broad SMARTS) is 1. The number of nitrogens with one attached hydrogen (secondary N) is 2. The summed E-state index contributed by atoms with van der Waals surface area (Å²) >= 11 is 14.5. The third kappa shape index (κ3) is 4.34. The molecule has 13 heteroatoms. The van der Waals surface area contributed by atoms with Gasteiger partial charge in [-0.05, 0) is 20.3 Å². The first kappa shape index (κ1) is 23.0. The molecule has 3 aromatic heterocycles. The van der Waals surface area contributed by atoms with E-state index in [0.717, 1.165) is 16.3 Å². The lowest BCUT2D eigenvalue weighted by molar-refractivity contribution is 0.0702. The number of aromatic amines is 1. The standard InChI is InChI=1S/C19H18Cl2FN5O3S2/c1-7-12(20)13(21)15(23-7)17(28)25-10-3-4-27(5-9(10)22)19-26-14(16(32-19)18(29)30)11-6-31-8(2)24-11/h6,9-10,23H,3-5H2,1-2H3,(H,25,28)(H,29,30)/t9-,10+/m0/s1. The maximum atomic E-state index is 15.0. The van der Waals surface area contributed by atoms with Gasteiger partial charge in [0.25, 0.3) is 5.91 Å². The zero-order valence-electron chi connectivity index (χ0n) is 16.9. The van der Waals surface area contributed by atoms with Crippen LogP contribution >= 0.6 is 45.9 Å². The Labute approximate surface area is 200 Å². The molecule has 0 saturated carbocycles. The fourth-order valence-electron chi connectivity index (χ4n) is 3.44. The van der Waals surface area contributed by atoms with Gasteiger partial charge in [-0.1, -0.05) is 34.5 Å². The molecule has 1 amide bonds. The van der Waals surface area contributed by atoms with Gasteiger partial charge in [0.2, 0.25) is 0 Å². The van der Waals surface area contributed by atoms with Gasteiger partial charge in [-0.2, -0.15) is 0 Å². The Hall–Kier alpha value is -2.21. The number of carbonyl (C=O) groups is 2. The van der Waals surface area contributed by atoms with E-state index in [1.807, 2.05) is 6.92 Å². The lowest BCUT2D eigenvalue weighted by atomic mass is 10.0. The number of hydrogen-bond acceptors (Lipinski definition) is 7. The number of alkyl halides is 1. The zero-order chi connectivity index (χ0) is 23.2. The second-order valence-corrected chi connectivity index (χ2v) is 10.1. The minimum atomic E-state index is -1.39. The number of H-pyrrole nitrogens is 1. The monoisotopic (exact) mass is 517 g/mol. The van der Waals surface area contributed by atoms with Crippen molar-refractivity contribution in [1.82, 2.24) is 20.3 Å². The third-order valence-corrected chi connectivity index (χ3v) is 7.91. The number of piperidine rings is 1. The number of aromatic nitrogens is 3. The quantitative estimate of drug-likeness (QED) is 0.457. The fourth-order valence-corrected chi connectivity index (χ4v) is 5.41. The summed E-state index contributed by atoms with van der Waals surface area (Å²) in [6.07, 6.45) is -1.08. The molecule has 1 aliphatic rings. The molecule has 4 heterocycles. The maximum absolute atomic E-state index is 15.0. The van der Waals surface area contributed by atoms with Gasteiger partial charge < -0.3 is 20.3 Å². The minimum Gasteiger partial charge on any atom is -0.477 e. The molecule has 0 aromatic carbocycles. The van der Waals surface area contributed by atoms with E-state index >= 15 is 0 Å². The largest absolute Gasteiger partial charge is 0.477 e. The summed E-state index contributed by atoms with van der Waals surface area (Å²) in [5, 5.41) is 15.6. The molecule has 3 aromatic rings. The SMILES string of the molecule is Cc1nc(-c2nc(N3CC[C@@H](NC(=O)c4[nH]c(C)c(Cl)c4Cl)[C@@H](F)C3)sc2C(=O)O)cs1. The van der Waals surface area contributed by atoms with Gasteiger partial charge >= 0.3 is 5.97 Å². The first-order valence-corrected chi connectivity index (χ1v) is 12.0. The molecule has 2 atom stereocenters. The number of halogens is 3. The molecule has 32 heavy (non-hydrogen) atoms. The minimum absolute atomic E-state index is 0.0364. The van der Waals surface area contributed by atoms with E-state index in [9.17, 15) is 19.1 Å². The molecule has 0 unspecified atom stereocenters. The highest BCUT2D eigenvalue weighted by atomic mass is 35.5. The van der Waals surface area contributed by atoms with Gasteiger partial charge in [-0.25, -0.2) is 19.2 Å². The second kappa shape index (κ2) is 8.97. The van der Waals surface area contributed by atoms with Crippen LogP contribution in [-0.4, -0.2) is 57.2 Å². The van der Waals surface area contributed by atoms with Crippen LogP contribution < -0.4 is 10.2 Å². The summed E-state index contributed by atoms with van der Waals surface area (Å²) in [7, 11) is 0. The van der Waals surface area contributed by atoms with Gasteiger partial charge in [-0.15, -0.1) is 11.3 Å². The van der Waals surface area contributed by atoms with Crippen LogP contribution in [0.4, 0.5) is 9.52 Å². The normalized spacial score (nSPS) is 18.7.